The first-order chi connectivity index (χ1) is 11.5. The Labute approximate surface area is 143 Å². The van der Waals surface area contributed by atoms with Crippen molar-refractivity contribution in [3.8, 4) is 5.75 Å². The van der Waals surface area contributed by atoms with Gasteiger partial charge in [0.25, 0.3) is 0 Å². The lowest BCUT2D eigenvalue weighted by molar-refractivity contribution is -0.152. The molecule has 0 aliphatic heterocycles. The van der Waals surface area contributed by atoms with Crippen LogP contribution in [0, 0.1) is 5.41 Å². The molecule has 0 spiro atoms. The SMILES string of the molecule is COc1ccc2c3c(ccc2c1)[C@@H]1CC[C@@H](OC(C)=O)[C@@]1(C)CC3. The van der Waals surface area contributed by atoms with Gasteiger partial charge in [-0.25, -0.2) is 0 Å². The number of rotatable bonds is 2. The fourth-order valence-electron chi connectivity index (χ4n) is 4.96. The monoisotopic (exact) mass is 324 g/mol. The molecule has 126 valence electrons. The summed E-state index contributed by atoms with van der Waals surface area (Å²) in [5.41, 5.74) is 3.00. The van der Waals surface area contributed by atoms with Crippen LogP contribution in [0.1, 0.15) is 50.2 Å². The zero-order valence-corrected chi connectivity index (χ0v) is 14.6. The molecule has 4 rings (SSSR count). The minimum atomic E-state index is -0.154. The second-order valence-electron chi connectivity index (χ2n) is 7.45. The van der Waals surface area contributed by atoms with Crippen LogP contribution in [0.3, 0.4) is 0 Å². The number of carbonyl (C=O) groups excluding carboxylic acids is 1. The second-order valence-corrected chi connectivity index (χ2v) is 7.45. The average Bonchev–Trinajstić information content (AvgIpc) is 2.90. The van der Waals surface area contributed by atoms with E-state index in [1.54, 1.807) is 7.11 Å². The van der Waals surface area contributed by atoms with Gasteiger partial charge in [-0.2, -0.15) is 0 Å². The first-order valence-electron chi connectivity index (χ1n) is 8.79. The maximum Gasteiger partial charge on any atom is 0.302 e. The lowest BCUT2D eigenvalue weighted by Crippen LogP contribution is -2.37. The minimum Gasteiger partial charge on any atom is -0.497 e. The van der Waals surface area contributed by atoms with E-state index in [1.807, 2.05) is 6.07 Å². The molecule has 0 N–H and O–H groups in total. The van der Waals surface area contributed by atoms with Crippen LogP contribution in [0.25, 0.3) is 10.8 Å². The summed E-state index contributed by atoms with van der Waals surface area (Å²) in [6.07, 6.45) is 4.25. The van der Waals surface area contributed by atoms with Gasteiger partial charge in [0.05, 0.1) is 7.11 Å². The third-order valence-electron chi connectivity index (χ3n) is 6.22. The number of benzene rings is 2. The Morgan fingerprint density at radius 2 is 2.04 bits per heavy atom. The molecule has 2 aromatic rings. The smallest absolute Gasteiger partial charge is 0.302 e. The van der Waals surface area contributed by atoms with Crippen LogP contribution in [-0.4, -0.2) is 19.2 Å². The Balaban J connectivity index is 1.78. The molecule has 3 atom stereocenters. The van der Waals surface area contributed by atoms with E-state index in [1.165, 1.54) is 28.8 Å². The molecule has 3 nitrogen and oxygen atoms in total. The molecular weight excluding hydrogens is 300 g/mol. The molecule has 0 amide bonds. The molecule has 0 radical (unpaired) electrons. The van der Waals surface area contributed by atoms with Crippen LogP contribution in [0.15, 0.2) is 30.3 Å². The van der Waals surface area contributed by atoms with Gasteiger partial charge in [-0.05, 0) is 65.6 Å². The lowest BCUT2D eigenvalue weighted by atomic mass is 9.65. The zero-order chi connectivity index (χ0) is 16.9. The summed E-state index contributed by atoms with van der Waals surface area (Å²) in [6.45, 7) is 3.83. The number of hydrogen-bond donors (Lipinski definition) is 0. The van der Waals surface area contributed by atoms with E-state index in [4.69, 9.17) is 9.47 Å². The number of ether oxygens (including phenoxy) is 2. The highest BCUT2D eigenvalue weighted by Crippen LogP contribution is 2.57. The Morgan fingerprint density at radius 3 is 2.79 bits per heavy atom. The Morgan fingerprint density at radius 1 is 1.21 bits per heavy atom. The summed E-state index contributed by atoms with van der Waals surface area (Å²) in [5, 5.41) is 2.58. The van der Waals surface area contributed by atoms with Crippen molar-refractivity contribution < 1.29 is 14.3 Å². The van der Waals surface area contributed by atoms with E-state index >= 15 is 0 Å². The molecule has 0 unspecified atom stereocenters. The highest BCUT2D eigenvalue weighted by atomic mass is 16.5. The van der Waals surface area contributed by atoms with E-state index in [-0.39, 0.29) is 17.5 Å². The van der Waals surface area contributed by atoms with Crippen LogP contribution in [0.4, 0.5) is 0 Å². The molecule has 3 heteroatoms. The lowest BCUT2D eigenvalue weighted by Gasteiger charge is -2.41. The van der Waals surface area contributed by atoms with Crippen molar-refractivity contribution in [1.82, 2.24) is 0 Å². The molecule has 1 saturated carbocycles. The summed E-state index contributed by atoms with van der Waals surface area (Å²) in [4.78, 5) is 11.5. The van der Waals surface area contributed by atoms with Gasteiger partial charge < -0.3 is 9.47 Å². The van der Waals surface area contributed by atoms with Crippen LogP contribution in [0.5, 0.6) is 5.75 Å². The average molecular weight is 324 g/mol. The maximum atomic E-state index is 11.5. The molecule has 2 aromatic carbocycles. The first-order valence-corrected chi connectivity index (χ1v) is 8.79. The summed E-state index contributed by atoms with van der Waals surface area (Å²) >= 11 is 0. The van der Waals surface area contributed by atoms with Crippen LogP contribution >= 0.6 is 0 Å². The number of aryl methyl sites for hydroxylation is 1. The molecule has 0 saturated heterocycles. The van der Waals surface area contributed by atoms with Crippen LogP contribution in [0.2, 0.25) is 0 Å². The number of methoxy groups -OCH3 is 1. The van der Waals surface area contributed by atoms with E-state index < -0.39 is 0 Å². The van der Waals surface area contributed by atoms with E-state index in [0.717, 1.165) is 31.4 Å². The predicted molar refractivity (Wildman–Crippen MR) is 94.5 cm³/mol. The number of fused-ring (bicyclic) bond motifs is 5. The topological polar surface area (TPSA) is 35.5 Å². The Kier molecular flexibility index (Phi) is 3.56. The van der Waals surface area contributed by atoms with E-state index in [0.29, 0.717) is 5.92 Å². The fraction of sp³-hybridized carbons (Fsp3) is 0.476. The van der Waals surface area contributed by atoms with Gasteiger partial charge in [-0.15, -0.1) is 0 Å². The fourth-order valence-corrected chi connectivity index (χ4v) is 4.96. The summed E-state index contributed by atoms with van der Waals surface area (Å²) in [6, 6.07) is 10.8. The summed E-state index contributed by atoms with van der Waals surface area (Å²) < 4.78 is 11.0. The first kappa shape index (κ1) is 15.5. The molecule has 24 heavy (non-hydrogen) atoms. The van der Waals surface area contributed by atoms with Crippen molar-refractivity contribution in [1.29, 1.82) is 0 Å². The van der Waals surface area contributed by atoms with Gasteiger partial charge in [0.1, 0.15) is 11.9 Å². The molecular formula is C21H24O3. The summed E-state index contributed by atoms with van der Waals surface area (Å²) in [7, 11) is 1.71. The standard InChI is InChI=1S/C21H24O3/c1-13(22)24-20-9-8-19-18-6-4-14-12-15(23-3)5-7-16(14)17(18)10-11-21(19,20)2/h4-7,12,19-20H,8-11H2,1-3H3/t19-,20+,21-/m0/s1. The van der Waals surface area contributed by atoms with Crippen molar-refractivity contribution in [2.24, 2.45) is 5.41 Å². The van der Waals surface area contributed by atoms with Crippen LogP contribution in [-0.2, 0) is 16.0 Å². The second kappa shape index (κ2) is 5.51. The van der Waals surface area contributed by atoms with Gasteiger partial charge in [0, 0.05) is 12.3 Å². The Bertz CT molecular complexity index is 810. The van der Waals surface area contributed by atoms with Gasteiger partial charge in [-0.1, -0.05) is 25.1 Å². The third kappa shape index (κ3) is 2.21. The zero-order valence-electron chi connectivity index (χ0n) is 14.6. The summed E-state index contributed by atoms with van der Waals surface area (Å²) in [5.74, 6) is 1.23. The molecule has 0 aromatic heterocycles. The largest absolute Gasteiger partial charge is 0.497 e. The van der Waals surface area contributed by atoms with Gasteiger partial charge in [-0.3, -0.25) is 4.79 Å². The predicted octanol–water partition coefficient (Wildman–Crippen LogP) is 4.61. The number of hydrogen-bond acceptors (Lipinski definition) is 3. The maximum absolute atomic E-state index is 11.5. The van der Waals surface area contributed by atoms with Gasteiger partial charge in [0.2, 0.25) is 0 Å². The highest BCUT2D eigenvalue weighted by molar-refractivity contribution is 5.88. The normalized spacial score (nSPS) is 28.3. The molecule has 0 heterocycles. The third-order valence-corrected chi connectivity index (χ3v) is 6.22. The molecule has 0 bridgehead atoms. The van der Waals surface area contributed by atoms with Crippen molar-refractivity contribution in [2.45, 2.75) is 51.6 Å². The molecule has 2 aliphatic rings. The van der Waals surface area contributed by atoms with Gasteiger partial charge in [0.15, 0.2) is 0 Å². The minimum absolute atomic E-state index is 0.0553. The molecule has 2 aliphatic carbocycles. The van der Waals surface area contributed by atoms with Crippen molar-refractivity contribution in [3.05, 3.63) is 41.5 Å². The highest BCUT2D eigenvalue weighted by Gasteiger charge is 2.51. The molecule has 1 fully saturated rings. The van der Waals surface area contributed by atoms with Gasteiger partial charge >= 0.3 is 5.97 Å². The Hall–Kier alpha value is -2.03. The van der Waals surface area contributed by atoms with E-state index in [2.05, 4.69) is 31.2 Å². The quantitative estimate of drug-likeness (QED) is 0.757. The van der Waals surface area contributed by atoms with Crippen molar-refractivity contribution in [3.63, 3.8) is 0 Å². The van der Waals surface area contributed by atoms with E-state index in [9.17, 15) is 4.79 Å². The van der Waals surface area contributed by atoms with Crippen molar-refractivity contribution in [2.75, 3.05) is 7.11 Å². The number of esters is 1. The van der Waals surface area contributed by atoms with Crippen molar-refractivity contribution >= 4 is 16.7 Å². The van der Waals surface area contributed by atoms with Crippen LogP contribution < -0.4 is 4.74 Å². The number of carbonyl (C=O) groups is 1.